The van der Waals surface area contributed by atoms with Crippen molar-refractivity contribution in [3.8, 4) is 11.5 Å². The molecule has 5 heteroatoms. The summed E-state index contributed by atoms with van der Waals surface area (Å²) in [4.78, 5) is 0. The Morgan fingerprint density at radius 2 is 1.90 bits per heavy atom. The van der Waals surface area contributed by atoms with Crippen molar-refractivity contribution in [2.75, 3.05) is 13.7 Å². The highest BCUT2D eigenvalue weighted by molar-refractivity contribution is 5.33. The number of ether oxygens (including phenoxy) is 2. The summed E-state index contributed by atoms with van der Waals surface area (Å²) < 4.78 is 24.8. The van der Waals surface area contributed by atoms with Crippen LogP contribution in [-0.2, 0) is 0 Å². The lowest BCUT2D eigenvalue weighted by molar-refractivity contribution is 0.284. The number of benzene rings is 2. The minimum atomic E-state index is -0.400. The highest BCUT2D eigenvalue weighted by Gasteiger charge is 2.17. The first-order valence-corrected chi connectivity index (χ1v) is 6.72. The molecule has 2 aromatic rings. The highest BCUT2D eigenvalue weighted by atomic mass is 19.1. The molecule has 0 saturated heterocycles. The van der Waals surface area contributed by atoms with Gasteiger partial charge in [-0.1, -0.05) is 30.3 Å². The maximum absolute atomic E-state index is 14.2. The summed E-state index contributed by atoms with van der Waals surface area (Å²) >= 11 is 0. The van der Waals surface area contributed by atoms with E-state index in [0.29, 0.717) is 18.6 Å². The zero-order valence-corrected chi connectivity index (χ0v) is 11.9. The molecule has 0 spiro atoms. The van der Waals surface area contributed by atoms with E-state index in [0.717, 1.165) is 5.75 Å². The van der Waals surface area contributed by atoms with Gasteiger partial charge < -0.3 is 9.47 Å². The molecule has 2 rings (SSSR count). The summed E-state index contributed by atoms with van der Waals surface area (Å²) in [6.07, 6.45) is 0.537. The quantitative estimate of drug-likeness (QED) is 0.608. The molecular weight excluding hydrogens is 271 g/mol. The molecule has 2 aromatic carbocycles. The number of halogens is 1. The third-order valence-electron chi connectivity index (χ3n) is 3.21. The van der Waals surface area contributed by atoms with Gasteiger partial charge >= 0.3 is 0 Å². The Morgan fingerprint density at radius 3 is 2.57 bits per heavy atom. The Kier molecular flexibility index (Phi) is 5.54. The maximum Gasteiger partial charge on any atom is 0.169 e. The van der Waals surface area contributed by atoms with Gasteiger partial charge in [0.05, 0.1) is 19.8 Å². The van der Waals surface area contributed by atoms with Gasteiger partial charge in [-0.05, 0) is 18.2 Å². The zero-order valence-electron chi connectivity index (χ0n) is 11.9. The average molecular weight is 290 g/mol. The summed E-state index contributed by atoms with van der Waals surface area (Å²) in [5, 5.41) is 0. The Labute approximate surface area is 123 Å². The fraction of sp³-hybridized carbons (Fsp3) is 0.250. The first kappa shape index (κ1) is 15.3. The SMILES string of the molecule is COc1cccc(C(CCOc2ccccc2)NN)c1F. The lowest BCUT2D eigenvalue weighted by Gasteiger charge is -2.18. The fourth-order valence-electron chi connectivity index (χ4n) is 2.09. The second-order valence-corrected chi connectivity index (χ2v) is 4.53. The van der Waals surface area contributed by atoms with Gasteiger partial charge in [-0.3, -0.25) is 11.3 Å². The smallest absolute Gasteiger partial charge is 0.169 e. The van der Waals surface area contributed by atoms with Gasteiger partial charge in [0, 0.05) is 12.0 Å². The number of hydrogen-bond acceptors (Lipinski definition) is 4. The van der Waals surface area contributed by atoms with E-state index in [2.05, 4.69) is 5.43 Å². The van der Waals surface area contributed by atoms with E-state index in [1.807, 2.05) is 30.3 Å². The van der Waals surface area contributed by atoms with E-state index in [-0.39, 0.29) is 11.8 Å². The van der Waals surface area contributed by atoms with Crippen LogP contribution >= 0.6 is 0 Å². The van der Waals surface area contributed by atoms with E-state index < -0.39 is 5.82 Å². The number of nitrogens with one attached hydrogen (secondary N) is 1. The molecule has 3 N–H and O–H groups in total. The van der Waals surface area contributed by atoms with Crippen LogP contribution in [0.4, 0.5) is 4.39 Å². The largest absolute Gasteiger partial charge is 0.494 e. The topological polar surface area (TPSA) is 56.5 Å². The normalized spacial score (nSPS) is 12.0. The Morgan fingerprint density at radius 1 is 1.14 bits per heavy atom. The molecule has 0 bridgehead atoms. The van der Waals surface area contributed by atoms with Gasteiger partial charge in [0.1, 0.15) is 5.75 Å². The second kappa shape index (κ2) is 7.61. The minimum Gasteiger partial charge on any atom is -0.494 e. The number of methoxy groups -OCH3 is 1. The maximum atomic E-state index is 14.2. The van der Waals surface area contributed by atoms with Gasteiger partial charge in [0.2, 0.25) is 0 Å². The summed E-state index contributed by atoms with van der Waals surface area (Å²) in [6, 6.07) is 14.1. The number of hydrazine groups is 1. The summed E-state index contributed by atoms with van der Waals surface area (Å²) in [5.41, 5.74) is 3.09. The molecule has 0 amide bonds. The van der Waals surface area contributed by atoms with E-state index in [4.69, 9.17) is 15.3 Å². The van der Waals surface area contributed by atoms with Crippen LogP contribution < -0.4 is 20.7 Å². The third kappa shape index (κ3) is 3.93. The van der Waals surface area contributed by atoms with Crippen molar-refractivity contribution >= 4 is 0 Å². The van der Waals surface area contributed by atoms with Gasteiger partial charge in [-0.2, -0.15) is 0 Å². The number of para-hydroxylation sites is 1. The lowest BCUT2D eigenvalue weighted by Crippen LogP contribution is -2.30. The van der Waals surface area contributed by atoms with E-state index in [1.165, 1.54) is 7.11 Å². The van der Waals surface area contributed by atoms with Crippen LogP contribution in [0.25, 0.3) is 0 Å². The molecule has 0 radical (unpaired) electrons. The fourth-order valence-corrected chi connectivity index (χ4v) is 2.09. The van der Waals surface area contributed by atoms with Crippen molar-refractivity contribution in [3.63, 3.8) is 0 Å². The summed E-state index contributed by atoms with van der Waals surface area (Å²) in [5.74, 6) is 6.11. The second-order valence-electron chi connectivity index (χ2n) is 4.53. The molecule has 0 aliphatic carbocycles. The van der Waals surface area contributed by atoms with Crippen molar-refractivity contribution in [3.05, 3.63) is 59.9 Å². The van der Waals surface area contributed by atoms with Crippen molar-refractivity contribution in [1.82, 2.24) is 5.43 Å². The Balaban J connectivity index is 2.00. The van der Waals surface area contributed by atoms with Crippen LogP contribution in [-0.4, -0.2) is 13.7 Å². The third-order valence-corrected chi connectivity index (χ3v) is 3.21. The van der Waals surface area contributed by atoms with Crippen molar-refractivity contribution < 1.29 is 13.9 Å². The molecule has 1 unspecified atom stereocenters. The molecular formula is C16H19FN2O2. The molecule has 112 valence electrons. The van der Waals surface area contributed by atoms with Crippen LogP contribution in [0.15, 0.2) is 48.5 Å². The highest BCUT2D eigenvalue weighted by Crippen LogP contribution is 2.26. The molecule has 1 atom stereocenters. The first-order chi connectivity index (χ1) is 10.3. The van der Waals surface area contributed by atoms with Crippen LogP contribution in [0.1, 0.15) is 18.0 Å². The van der Waals surface area contributed by atoms with Gasteiger partial charge in [-0.25, -0.2) is 4.39 Å². The van der Waals surface area contributed by atoms with Crippen molar-refractivity contribution in [2.24, 2.45) is 5.84 Å². The molecule has 0 aromatic heterocycles. The van der Waals surface area contributed by atoms with Gasteiger partial charge in [-0.15, -0.1) is 0 Å². The minimum absolute atomic E-state index is 0.205. The van der Waals surface area contributed by atoms with E-state index in [9.17, 15) is 4.39 Å². The molecule has 21 heavy (non-hydrogen) atoms. The van der Waals surface area contributed by atoms with Crippen LogP contribution in [0.5, 0.6) is 11.5 Å². The average Bonchev–Trinajstić information content (AvgIpc) is 2.53. The Bertz CT molecular complexity index is 563. The number of rotatable bonds is 7. The summed E-state index contributed by atoms with van der Waals surface area (Å²) in [6.45, 7) is 0.426. The standard InChI is InChI=1S/C16H19FN2O2/c1-20-15-9-5-8-13(16(15)17)14(19-18)10-11-21-12-6-3-2-4-7-12/h2-9,14,19H,10-11,18H2,1H3. The Hall–Kier alpha value is -2.11. The number of nitrogens with two attached hydrogens (primary N) is 1. The first-order valence-electron chi connectivity index (χ1n) is 6.72. The van der Waals surface area contributed by atoms with Crippen molar-refractivity contribution in [2.45, 2.75) is 12.5 Å². The molecule has 0 fully saturated rings. The van der Waals surface area contributed by atoms with Crippen LogP contribution in [0, 0.1) is 5.82 Å². The van der Waals surface area contributed by atoms with Crippen molar-refractivity contribution in [1.29, 1.82) is 0 Å². The monoisotopic (exact) mass is 290 g/mol. The molecule has 0 saturated carbocycles. The molecule has 0 aliphatic rings. The predicted octanol–water partition coefficient (Wildman–Crippen LogP) is 2.81. The zero-order chi connectivity index (χ0) is 15.1. The van der Waals surface area contributed by atoms with Crippen LogP contribution in [0.2, 0.25) is 0 Å². The van der Waals surface area contributed by atoms with E-state index in [1.54, 1.807) is 18.2 Å². The molecule has 4 nitrogen and oxygen atoms in total. The predicted molar refractivity (Wildman–Crippen MR) is 79.6 cm³/mol. The lowest BCUT2D eigenvalue weighted by atomic mass is 10.0. The van der Waals surface area contributed by atoms with E-state index >= 15 is 0 Å². The molecule has 0 aliphatic heterocycles. The number of hydrogen-bond donors (Lipinski definition) is 2. The van der Waals surface area contributed by atoms with Crippen LogP contribution in [0.3, 0.4) is 0 Å². The van der Waals surface area contributed by atoms with Gasteiger partial charge in [0.15, 0.2) is 11.6 Å². The summed E-state index contributed by atoms with van der Waals surface area (Å²) in [7, 11) is 1.44. The van der Waals surface area contributed by atoms with Gasteiger partial charge in [0.25, 0.3) is 0 Å². The molecule has 0 heterocycles.